The van der Waals surface area contributed by atoms with Crippen molar-refractivity contribution in [2.75, 3.05) is 0 Å². The fourth-order valence-corrected chi connectivity index (χ4v) is 3.71. The van der Waals surface area contributed by atoms with Crippen LogP contribution in [0.4, 0.5) is 17.1 Å². The van der Waals surface area contributed by atoms with Crippen molar-refractivity contribution in [2.45, 2.75) is 12.8 Å². The van der Waals surface area contributed by atoms with Crippen molar-refractivity contribution in [2.24, 2.45) is 15.0 Å². The van der Waals surface area contributed by atoms with Gasteiger partial charge in [-0.05, 0) is 54.6 Å². The maximum Gasteiger partial charge on any atom is 0.183 e. The SMILES string of the molecule is O=C1CC(=Nc2ccc(O)c(Cl)c2)C(=Nc2ccc(O)c(Cl)c2)CC1=Nc1ccc(O)c(Cl)c1. The van der Waals surface area contributed by atoms with E-state index in [4.69, 9.17) is 34.8 Å². The molecule has 3 N–H and O–H groups in total. The van der Waals surface area contributed by atoms with Crippen molar-refractivity contribution in [1.82, 2.24) is 0 Å². The highest BCUT2D eigenvalue weighted by Gasteiger charge is 2.27. The highest BCUT2D eigenvalue weighted by atomic mass is 35.5. The summed E-state index contributed by atoms with van der Waals surface area (Å²) in [5.74, 6) is -0.506. The number of Topliss-reactive ketones (excluding diaryl/α,β-unsaturated/α-hetero) is 1. The lowest BCUT2D eigenvalue weighted by Gasteiger charge is -2.18. The van der Waals surface area contributed by atoms with E-state index in [1.165, 1.54) is 36.4 Å². The van der Waals surface area contributed by atoms with Crippen LogP contribution < -0.4 is 0 Å². The van der Waals surface area contributed by atoms with Gasteiger partial charge in [0.1, 0.15) is 17.2 Å². The van der Waals surface area contributed by atoms with Crippen LogP contribution in [0.1, 0.15) is 12.8 Å². The van der Waals surface area contributed by atoms with Crippen LogP contribution in [0.5, 0.6) is 17.2 Å². The van der Waals surface area contributed by atoms with Crippen molar-refractivity contribution in [3.63, 3.8) is 0 Å². The minimum atomic E-state index is -0.254. The number of carbonyl (C=O) groups is 1. The van der Waals surface area contributed by atoms with Crippen LogP contribution in [0.3, 0.4) is 0 Å². The number of phenolic OH excluding ortho intramolecular Hbond substituents is 3. The predicted molar refractivity (Wildman–Crippen MR) is 135 cm³/mol. The van der Waals surface area contributed by atoms with Gasteiger partial charge in [-0.2, -0.15) is 0 Å². The summed E-state index contributed by atoms with van der Waals surface area (Å²) in [6.07, 6.45) is -0.00569. The summed E-state index contributed by atoms with van der Waals surface area (Å²) in [7, 11) is 0. The van der Waals surface area contributed by atoms with Gasteiger partial charge in [0.05, 0.1) is 55.7 Å². The van der Waals surface area contributed by atoms with E-state index in [1.54, 1.807) is 18.2 Å². The zero-order valence-corrected chi connectivity index (χ0v) is 19.6. The van der Waals surface area contributed by atoms with E-state index >= 15 is 0 Å². The number of rotatable bonds is 3. The molecule has 0 spiro atoms. The molecule has 1 fully saturated rings. The molecule has 0 atom stereocenters. The second kappa shape index (κ2) is 9.85. The molecule has 3 aromatic rings. The molecule has 3 aromatic carbocycles. The lowest BCUT2D eigenvalue weighted by Crippen LogP contribution is -2.33. The summed E-state index contributed by atoms with van der Waals surface area (Å²) in [5.41, 5.74) is 2.41. The van der Waals surface area contributed by atoms with Gasteiger partial charge in [-0.25, -0.2) is 4.99 Å². The first kappa shape index (κ1) is 23.8. The van der Waals surface area contributed by atoms with E-state index in [2.05, 4.69) is 15.0 Å². The van der Waals surface area contributed by atoms with E-state index in [0.717, 1.165) is 0 Å². The van der Waals surface area contributed by atoms with Gasteiger partial charge in [-0.3, -0.25) is 14.8 Å². The largest absolute Gasteiger partial charge is 0.506 e. The number of benzene rings is 3. The molecule has 10 heteroatoms. The van der Waals surface area contributed by atoms with E-state index in [0.29, 0.717) is 28.5 Å². The lowest BCUT2D eigenvalue weighted by atomic mass is 9.92. The molecule has 172 valence electrons. The monoisotopic (exact) mass is 515 g/mol. The van der Waals surface area contributed by atoms with Crippen molar-refractivity contribution < 1.29 is 20.1 Å². The fourth-order valence-electron chi connectivity index (χ4n) is 3.19. The first-order valence-corrected chi connectivity index (χ1v) is 11.0. The van der Waals surface area contributed by atoms with E-state index in [9.17, 15) is 20.1 Å². The van der Waals surface area contributed by atoms with Crippen LogP contribution in [-0.2, 0) is 4.79 Å². The fraction of sp³-hybridized carbons (Fsp3) is 0.0833. The molecule has 1 aliphatic rings. The lowest BCUT2D eigenvalue weighted by molar-refractivity contribution is -0.112. The maximum absolute atomic E-state index is 12.9. The Kier molecular flexibility index (Phi) is 6.88. The standard InChI is InChI=1S/C24H16Cl3N3O4/c25-15-7-12(1-4-21(15)31)28-18-10-20(30-14-3-6-23(33)17(27)9-14)24(34)11-19(18)29-13-2-5-22(32)16(26)8-13/h1-9,31-33H,10-11H2. The molecule has 0 saturated heterocycles. The zero-order valence-electron chi connectivity index (χ0n) is 17.3. The van der Waals surface area contributed by atoms with Crippen molar-refractivity contribution in [1.29, 1.82) is 0 Å². The minimum Gasteiger partial charge on any atom is -0.506 e. The van der Waals surface area contributed by atoms with Crippen molar-refractivity contribution >= 4 is 74.8 Å². The Labute approximate surface area is 209 Å². The molecule has 0 aliphatic heterocycles. The number of phenols is 3. The van der Waals surface area contributed by atoms with Crippen LogP contribution in [0.15, 0.2) is 69.6 Å². The second-order valence-corrected chi connectivity index (χ2v) is 8.58. The molecule has 0 heterocycles. The Morgan fingerprint density at radius 3 is 1.29 bits per heavy atom. The Morgan fingerprint density at radius 1 is 0.559 bits per heavy atom. The van der Waals surface area contributed by atoms with E-state index in [-0.39, 0.29) is 56.7 Å². The number of halogens is 3. The van der Waals surface area contributed by atoms with Gasteiger partial charge in [0.15, 0.2) is 5.78 Å². The molecule has 0 amide bonds. The Balaban J connectivity index is 1.77. The Hall–Kier alpha value is -3.39. The third-order valence-corrected chi connectivity index (χ3v) is 5.81. The number of hydrogen-bond donors (Lipinski definition) is 3. The van der Waals surface area contributed by atoms with Crippen molar-refractivity contribution in [3.8, 4) is 17.2 Å². The summed E-state index contributed by atoms with van der Waals surface area (Å²) >= 11 is 18.0. The summed E-state index contributed by atoms with van der Waals surface area (Å²) in [6, 6.07) is 13.3. The molecule has 0 radical (unpaired) electrons. The topological polar surface area (TPSA) is 115 Å². The molecule has 4 rings (SSSR count). The molecule has 1 aliphatic carbocycles. The zero-order chi connectivity index (χ0) is 24.4. The summed E-state index contributed by atoms with van der Waals surface area (Å²) < 4.78 is 0. The van der Waals surface area contributed by atoms with Gasteiger partial charge in [-0.1, -0.05) is 34.8 Å². The summed E-state index contributed by atoms with van der Waals surface area (Å²) in [5, 5.41) is 29.4. The average Bonchev–Trinajstić information content (AvgIpc) is 2.79. The molecular formula is C24H16Cl3N3O4. The van der Waals surface area contributed by atoms with Gasteiger partial charge in [0, 0.05) is 6.42 Å². The molecule has 1 saturated carbocycles. The molecule has 0 bridgehead atoms. The number of carbonyl (C=O) groups excluding carboxylic acids is 1. The molecule has 0 aromatic heterocycles. The van der Waals surface area contributed by atoms with Crippen LogP contribution in [0.2, 0.25) is 15.1 Å². The quantitative estimate of drug-likeness (QED) is 0.357. The molecule has 7 nitrogen and oxygen atoms in total. The summed E-state index contributed by atoms with van der Waals surface area (Å²) in [4.78, 5) is 26.4. The number of ketones is 1. The number of hydrogen-bond acceptors (Lipinski definition) is 7. The number of nitrogens with zero attached hydrogens (tertiary/aromatic N) is 3. The van der Waals surface area contributed by atoms with Gasteiger partial charge in [0.2, 0.25) is 0 Å². The highest BCUT2D eigenvalue weighted by molar-refractivity contribution is 6.62. The minimum absolute atomic E-state index is 0.0699. The number of aliphatic imine (C=N–C) groups is 3. The van der Waals surface area contributed by atoms with Crippen LogP contribution in [0.25, 0.3) is 0 Å². The predicted octanol–water partition coefficient (Wildman–Crippen LogP) is 6.74. The first-order valence-electron chi connectivity index (χ1n) is 9.91. The molecule has 34 heavy (non-hydrogen) atoms. The van der Waals surface area contributed by atoms with Gasteiger partial charge in [0.25, 0.3) is 0 Å². The van der Waals surface area contributed by atoms with Crippen molar-refractivity contribution in [3.05, 3.63) is 69.7 Å². The second-order valence-electron chi connectivity index (χ2n) is 7.36. The molecular weight excluding hydrogens is 501 g/mol. The highest BCUT2D eigenvalue weighted by Crippen LogP contribution is 2.32. The normalized spacial score (nSPS) is 17.6. The maximum atomic E-state index is 12.9. The van der Waals surface area contributed by atoms with Crippen LogP contribution >= 0.6 is 34.8 Å². The third-order valence-electron chi connectivity index (χ3n) is 4.90. The third kappa shape index (κ3) is 5.39. The van der Waals surface area contributed by atoms with Gasteiger partial charge < -0.3 is 15.3 Å². The smallest absolute Gasteiger partial charge is 0.183 e. The first-order chi connectivity index (χ1) is 16.2. The Bertz CT molecular complexity index is 1400. The number of aromatic hydroxyl groups is 3. The summed E-state index contributed by atoms with van der Waals surface area (Å²) in [6.45, 7) is 0. The van der Waals surface area contributed by atoms with E-state index < -0.39 is 0 Å². The average molecular weight is 517 g/mol. The van der Waals surface area contributed by atoms with E-state index in [1.807, 2.05) is 0 Å². The van der Waals surface area contributed by atoms with Crippen LogP contribution in [-0.4, -0.2) is 38.2 Å². The van der Waals surface area contributed by atoms with Crippen LogP contribution in [0, 0.1) is 0 Å². The molecule has 0 unspecified atom stereocenters. The van der Waals surface area contributed by atoms with Gasteiger partial charge >= 0.3 is 0 Å². The van der Waals surface area contributed by atoms with Gasteiger partial charge in [-0.15, -0.1) is 0 Å². The Morgan fingerprint density at radius 2 is 0.912 bits per heavy atom.